The van der Waals surface area contributed by atoms with Gasteiger partial charge < -0.3 is 15.8 Å². The van der Waals surface area contributed by atoms with Crippen LogP contribution in [-0.2, 0) is 9.53 Å². The number of amides is 1. The molecule has 2 atom stereocenters. The number of nitrogens with one attached hydrogen (secondary N) is 1. The van der Waals surface area contributed by atoms with E-state index in [-0.39, 0.29) is 17.6 Å². The number of carbonyl (C=O) groups excluding carboxylic acids is 1. The second kappa shape index (κ2) is 4.46. The van der Waals surface area contributed by atoms with Crippen molar-refractivity contribution in [1.82, 2.24) is 5.32 Å². The summed E-state index contributed by atoms with van der Waals surface area (Å²) < 4.78 is 5.54. The van der Waals surface area contributed by atoms with Crippen LogP contribution in [0.3, 0.4) is 0 Å². The minimum Gasteiger partial charge on any atom is -0.392 e. The van der Waals surface area contributed by atoms with E-state index in [1.165, 1.54) is 0 Å². The van der Waals surface area contributed by atoms with E-state index < -0.39 is 5.41 Å². The third kappa shape index (κ3) is 2.03. The summed E-state index contributed by atoms with van der Waals surface area (Å²) in [6, 6.07) is 0. The summed E-state index contributed by atoms with van der Waals surface area (Å²) in [6.45, 7) is 6.82. The second-order valence-electron chi connectivity index (χ2n) is 6.09. The van der Waals surface area contributed by atoms with E-state index in [0.29, 0.717) is 17.5 Å². The molecule has 0 aromatic carbocycles. The van der Waals surface area contributed by atoms with Crippen LogP contribution in [0.5, 0.6) is 0 Å². The first-order chi connectivity index (χ1) is 8.30. The van der Waals surface area contributed by atoms with Crippen LogP contribution in [0.4, 0.5) is 0 Å². The molecule has 1 saturated carbocycles. The zero-order valence-electron chi connectivity index (χ0n) is 11.3. The Hall–Kier alpha value is -0.680. The molecule has 102 valence electrons. The Morgan fingerprint density at radius 3 is 2.44 bits per heavy atom. The van der Waals surface area contributed by atoms with E-state index in [1.807, 2.05) is 13.8 Å². The summed E-state index contributed by atoms with van der Waals surface area (Å²) in [7, 11) is 0. The van der Waals surface area contributed by atoms with Crippen molar-refractivity contribution in [3.63, 3.8) is 0 Å². The van der Waals surface area contributed by atoms with Crippen molar-refractivity contribution >= 4 is 23.1 Å². The first kappa shape index (κ1) is 13.7. The van der Waals surface area contributed by atoms with Gasteiger partial charge >= 0.3 is 0 Å². The molecule has 1 amide bonds. The van der Waals surface area contributed by atoms with Gasteiger partial charge in [-0.3, -0.25) is 4.79 Å². The highest BCUT2D eigenvalue weighted by molar-refractivity contribution is 7.80. The lowest BCUT2D eigenvalue weighted by molar-refractivity contribution is -0.135. The number of thiocarbonyl (C=S) groups is 1. The Morgan fingerprint density at radius 2 is 2.06 bits per heavy atom. The van der Waals surface area contributed by atoms with Crippen LogP contribution < -0.4 is 11.1 Å². The zero-order chi connectivity index (χ0) is 13.6. The van der Waals surface area contributed by atoms with Crippen molar-refractivity contribution in [2.24, 2.45) is 17.1 Å². The van der Waals surface area contributed by atoms with E-state index in [2.05, 4.69) is 12.2 Å². The molecule has 5 heteroatoms. The number of ether oxygens (including phenoxy) is 1. The Morgan fingerprint density at radius 1 is 1.44 bits per heavy atom. The average molecular weight is 270 g/mol. The minimum absolute atomic E-state index is 0.0204. The highest BCUT2D eigenvalue weighted by atomic mass is 32.1. The van der Waals surface area contributed by atoms with Gasteiger partial charge in [0, 0.05) is 6.61 Å². The lowest BCUT2D eigenvalue weighted by Crippen LogP contribution is -2.61. The highest BCUT2D eigenvalue weighted by Gasteiger charge is 2.53. The fourth-order valence-corrected chi connectivity index (χ4v) is 3.27. The predicted molar refractivity (Wildman–Crippen MR) is 74.2 cm³/mol. The van der Waals surface area contributed by atoms with Crippen molar-refractivity contribution in [3.8, 4) is 0 Å². The zero-order valence-corrected chi connectivity index (χ0v) is 12.1. The monoisotopic (exact) mass is 270 g/mol. The van der Waals surface area contributed by atoms with Gasteiger partial charge in [0.05, 0.1) is 22.0 Å². The van der Waals surface area contributed by atoms with Gasteiger partial charge in [0.1, 0.15) is 0 Å². The molecule has 0 bridgehead atoms. The van der Waals surface area contributed by atoms with Crippen LogP contribution in [0.15, 0.2) is 0 Å². The van der Waals surface area contributed by atoms with Gasteiger partial charge in [-0.05, 0) is 39.0 Å². The van der Waals surface area contributed by atoms with Crippen molar-refractivity contribution in [1.29, 1.82) is 0 Å². The Balaban J connectivity index is 2.09. The maximum atomic E-state index is 12.5. The molecule has 1 aliphatic carbocycles. The summed E-state index contributed by atoms with van der Waals surface area (Å²) in [5.74, 6) is 0.496. The Kier molecular flexibility index (Phi) is 3.40. The van der Waals surface area contributed by atoms with Gasteiger partial charge in [0.25, 0.3) is 0 Å². The maximum absolute atomic E-state index is 12.5. The lowest BCUT2D eigenvalue weighted by atomic mass is 9.61. The molecule has 2 fully saturated rings. The minimum atomic E-state index is -0.625. The van der Waals surface area contributed by atoms with Crippen LogP contribution in [0.2, 0.25) is 0 Å². The molecule has 2 aliphatic rings. The summed E-state index contributed by atoms with van der Waals surface area (Å²) in [6.07, 6.45) is 2.39. The maximum Gasteiger partial charge on any atom is 0.233 e. The molecular weight excluding hydrogens is 248 g/mol. The van der Waals surface area contributed by atoms with Gasteiger partial charge in [-0.1, -0.05) is 19.1 Å². The number of carbonyl (C=O) groups is 1. The average Bonchev–Trinajstić information content (AvgIpc) is 2.53. The molecule has 1 heterocycles. The van der Waals surface area contributed by atoms with Gasteiger partial charge in [-0.15, -0.1) is 0 Å². The van der Waals surface area contributed by atoms with Gasteiger partial charge in [0.15, 0.2) is 0 Å². The van der Waals surface area contributed by atoms with Gasteiger partial charge in [-0.2, -0.15) is 0 Å². The Bertz CT molecular complexity index is 379. The second-order valence-corrected chi connectivity index (χ2v) is 6.53. The third-order valence-corrected chi connectivity index (χ3v) is 4.98. The number of hydrogen-bond donors (Lipinski definition) is 2. The fourth-order valence-electron chi connectivity index (χ4n) is 3.01. The molecule has 0 spiro atoms. The fraction of sp³-hybridized carbons (Fsp3) is 0.846. The smallest absolute Gasteiger partial charge is 0.233 e. The SMILES string of the molecule is CC1CC(C(=O)NC2(C)CCOC2C)(C(N)=S)C1. The molecule has 3 N–H and O–H groups in total. The summed E-state index contributed by atoms with van der Waals surface area (Å²) in [4.78, 5) is 12.8. The topological polar surface area (TPSA) is 64.3 Å². The summed E-state index contributed by atoms with van der Waals surface area (Å²) in [5.41, 5.74) is 4.86. The molecule has 18 heavy (non-hydrogen) atoms. The Labute approximate surface area is 114 Å². The van der Waals surface area contributed by atoms with Crippen molar-refractivity contribution in [2.45, 2.75) is 51.7 Å². The van der Waals surface area contributed by atoms with E-state index in [0.717, 1.165) is 19.3 Å². The normalized spacial score (nSPS) is 43.3. The van der Waals surface area contributed by atoms with Gasteiger partial charge in [0.2, 0.25) is 5.91 Å². The summed E-state index contributed by atoms with van der Waals surface area (Å²) >= 11 is 5.10. The van der Waals surface area contributed by atoms with Crippen molar-refractivity contribution < 1.29 is 9.53 Å². The van der Waals surface area contributed by atoms with E-state index in [1.54, 1.807) is 0 Å². The molecule has 4 nitrogen and oxygen atoms in total. The van der Waals surface area contributed by atoms with Gasteiger partial charge in [-0.25, -0.2) is 0 Å². The molecular formula is C13H22N2O2S. The lowest BCUT2D eigenvalue weighted by Gasteiger charge is -2.46. The van der Waals surface area contributed by atoms with Crippen LogP contribution >= 0.6 is 12.2 Å². The van der Waals surface area contributed by atoms with E-state index in [9.17, 15) is 4.79 Å². The summed E-state index contributed by atoms with van der Waals surface area (Å²) in [5, 5.41) is 3.12. The largest absolute Gasteiger partial charge is 0.392 e. The molecule has 1 saturated heterocycles. The van der Waals surface area contributed by atoms with Crippen molar-refractivity contribution in [2.75, 3.05) is 6.61 Å². The first-order valence-corrected chi connectivity index (χ1v) is 6.95. The van der Waals surface area contributed by atoms with Crippen LogP contribution in [-0.4, -0.2) is 29.1 Å². The van der Waals surface area contributed by atoms with Crippen LogP contribution in [0.25, 0.3) is 0 Å². The highest BCUT2D eigenvalue weighted by Crippen LogP contribution is 2.46. The third-order valence-electron chi connectivity index (χ3n) is 4.59. The standard InChI is InChI=1S/C13H22N2O2S/c1-8-6-13(7-8,10(14)18)11(16)15-12(3)4-5-17-9(12)2/h8-9H,4-7H2,1-3H3,(H2,14,18)(H,15,16). The number of nitrogens with two attached hydrogens (primary N) is 1. The number of rotatable bonds is 3. The molecule has 2 rings (SSSR count). The molecule has 0 aromatic heterocycles. The molecule has 2 unspecified atom stereocenters. The van der Waals surface area contributed by atoms with Crippen LogP contribution in [0, 0.1) is 11.3 Å². The quantitative estimate of drug-likeness (QED) is 0.760. The van der Waals surface area contributed by atoms with Crippen molar-refractivity contribution in [3.05, 3.63) is 0 Å². The molecule has 0 radical (unpaired) electrons. The molecule has 0 aromatic rings. The predicted octanol–water partition coefficient (Wildman–Crippen LogP) is 1.37. The van der Waals surface area contributed by atoms with Crippen LogP contribution in [0.1, 0.15) is 40.0 Å². The van der Waals surface area contributed by atoms with E-state index in [4.69, 9.17) is 22.7 Å². The number of hydrogen-bond acceptors (Lipinski definition) is 3. The van der Waals surface area contributed by atoms with E-state index >= 15 is 0 Å². The first-order valence-electron chi connectivity index (χ1n) is 6.54. The molecule has 1 aliphatic heterocycles.